The van der Waals surface area contributed by atoms with Gasteiger partial charge in [-0.25, -0.2) is 4.98 Å². The lowest BCUT2D eigenvalue weighted by Gasteiger charge is -2.20. The molecule has 16 heavy (non-hydrogen) atoms. The fraction of sp³-hybridized carbons (Fsp3) is 0.636. The second-order valence-corrected chi connectivity index (χ2v) is 4.47. The molecule has 2 N–H and O–H groups in total. The second kappa shape index (κ2) is 4.15. The van der Waals surface area contributed by atoms with Gasteiger partial charge in [0.25, 0.3) is 0 Å². The van der Waals surface area contributed by atoms with Crippen molar-refractivity contribution in [2.24, 2.45) is 11.8 Å². The van der Waals surface area contributed by atoms with E-state index in [4.69, 9.17) is 10.5 Å². The summed E-state index contributed by atoms with van der Waals surface area (Å²) in [6.07, 6.45) is 2.78. The van der Waals surface area contributed by atoms with Crippen molar-refractivity contribution in [3.63, 3.8) is 0 Å². The van der Waals surface area contributed by atoms with Crippen LogP contribution in [0.3, 0.4) is 0 Å². The van der Waals surface area contributed by atoms with Gasteiger partial charge < -0.3 is 15.4 Å². The lowest BCUT2D eigenvalue weighted by molar-refractivity contribution is 0.399. The van der Waals surface area contributed by atoms with Crippen molar-refractivity contribution in [2.45, 2.75) is 13.3 Å². The van der Waals surface area contributed by atoms with Gasteiger partial charge in [0.15, 0.2) is 5.82 Å². The van der Waals surface area contributed by atoms with E-state index in [1.165, 1.54) is 12.7 Å². The van der Waals surface area contributed by atoms with Crippen LogP contribution in [0.25, 0.3) is 0 Å². The highest BCUT2D eigenvalue weighted by Crippen LogP contribution is 2.39. The van der Waals surface area contributed by atoms with Gasteiger partial charge in [-0.15, -0.1) is 0 Å². The van der Waals surface area contributed by atoms with Gasteiger partial charge in [-0.05, 0) is 18.3 Å². The van der Waals surface area contributed by atoms with Crippen molar-refractivity contribution >= 4 is 11.5 Å². The highest BCUT2D eigenvalue weighted by molar-refractivity contribution is 5.67. The van der Waals surface area contributed by atoms with E-state index in [1.54, 1.807) is 7.11 Å². The standard InChI is InChI=1S/C11H18N4O/c1-7-4-8(7)5-15(2)10-9(12)11(16-3)14-6-13-10/h6-8H,4-5,12H2,1-3H3. The van der Waals surface area contributed by atoms with E-state index in [2.05, 4.69) is 21.8 Å². The Morgan fingerprint density at radius 1 is 1.56 bits per heavy atom. The average molecular weight is 222 g/mol. The van der Waals surface area contributed by atoms with Crippen LogP contribution >= 0.6 is 0 Å². The topological polar surface area (TPSA) is 64.3 Å². The molecular weight excluding hydrogens is 204 g/mol. The molecule has 0 saturated heterocycles. The van der Waals surface area contributed by atoms with Gasteiger partial charge in [0, 0.05) is 13.6 Å². The number of nitrogens with zero attached hydrogens (tertiary/aromatic N) is 3. The largest absolute Gasteiger partial charge is 0.479 e. The number of aromatic nitrogens is 2. The van der Waals surface area contributed by atoms with Crippen LogP contribution in [0.1, 0.15) is 13.3 Å². The number of methoxy groups -OCH3 is 1. The summed E-state index contributed by atoms with van der Waals surface area (Å²) in [5.74, 6) is 2.80. The normalized spacial score (nSPS) is 22.9. The molecule has 1 saturated carbocycles. The Labute approximate surface area is 95.6 Å². The first kappa shape index (κ1) is 11.0. The van der Waals surface area contributed by atoms with Gasteiger partial charge in [0.1, 0.15) is 12.0 Å². The Morgan fingerprint density at radius 2 is 2.25 bits per heavy atom. The molecule has 1 fully saturated rings. The van der Waals surface area contributed by atoms with Crippen LogP contribution in [0.2, 0.25) is 0 Å². The summed E-state index contributed by atoms with van der Waals surface area (Å²) in [6, 6.07) is 0. The van der Waals surface area contributed by atoms with Crippen molar-refractivity contribution < 1.29 is 4.74 Å². The van der Waals surface area contributed by atoms with Crippen molar-refractivity contribution in [3.8, 4) is 5.88 Å². The van der Waals surface area contributed by atoms with E-state index in [9.17, 15) is 0 Å². The van der Waals surface area contributed by atoms with Gasteiger partial charge in [0.2, 0.25) is 5.88 Å². The number of rotatable bonds is 4. The van der Waals surface area contributed by atoms with E-state index < -0.39 is 0 Å². The number of nitrogen functional groups attached to an aromatic ring is 1. The predicted octanol–water partition coefficient (Wildman–Crippen LogP) is 1.16. The van der Waals surface area contributed by atoms with Gasteiger partial charge in [-0.3, -0.25) is 0 Å². The molecule has 0 bridgehead atoms. The lowest BCUT2D eigenvalue weighted by atomic mass is 10.3. The number of ether oxygens (including phenoxy) is 1. The molecule has 5 heteroatoms. The van der Waals surface area contributed by atoms with Crippen LogP contribution in [0.5, 0.6) is 5.88 Å². The zero-order chi connectivity index (χ0) is 11.7. The zero-order valence-corrected chi connectivity index (χ0v) is 9.97. The number of nitrogens with two attached hydrogens (primary N) is 1. The van der Waals surface area contributed by atoms with Crippen molar-refractivity contribution in [1.29, 1.82) is 0 Å². The van der Waals surface area contributed by atoms with Crippen LogP contribution in [-0.4, -0.2) is 30.7 Å². The van der Waals surface area contributed by atoms with E-state index >= 15 is 0 Å². The predicted molar refractivity (Wildman–Crippen MR) is 63.5 cm³/mol. The van der Waals surface area contributed by atoms with Crippen molar-refractivity contribution in [3.05, 3.63) is 6.33 Å². The molecule has 0 aliphatic heterocycles. The summed E-state index contributed by atoms with van der Waals surface area (Å²) < 4.78 is 5.07. The minimum Gasteiger partial charge on any atom is -0.479 e. The molecule has 0 amide bonds. The summed E-state index contributed by atoms with van der Waals surface area (Å²) in [5.41, 5.74) is 6.45. The average Bonchev–Trinajstić information content (AvgIpc) is 2.94. The van der Waals surface area contributed by atoms with Crippen LogP contribution in [0, 0.1) is 11.8 Å². The highest BCUT2D eigenvalue weighted by atomic mass is 16.5. The summed E-state index contributed by atoms with van der Waals surface area (Å²) in [7, 11) is 3.56. The first-order valence-electron chi connectivity index (χ1n) is 5.49. The van der Waals surface area contributed by atoms with E-state index in [1.807, 2.05) is 7.05 Å². The molecule has 88 valence electrons. The highest BCUT2D eigenvalue weighted by Gasteiger charge is 2.33. The second-order valence-electron chi connectivity index (χ2n) is 4.47. The molecule has 1 aliphatic rings. The van der Waals surface area contributed by atoms with E-state index in [0.29, 0.717) is 11.6 Å². The zero-order valence-electron chi connectivity index (χ0n) is 9.97. The van der Waals surface area contributed by atoms with Gasteiger partial charge in [0.05, 0.1) is 7.11 Å². The lowest BCUT2D eigenvalue weighted by Crippen LogP contribution is -2.23. The smallest absolute Gasteiger partial charge is 0.242 e. The van der Waals surface area contributed by atoms with E-state index in [-0.39, 0.29) is 0 Å². The Kier molecular flexibility index (Phi) is 2.85. The van der Waals surface area contributed by atoms with Gasteiger partial charge >= 0.3 is 0 Å². The molecule has 5 nitrogen and oxygen atoms in total. The maximum Gasteiger partial charge on any atom is 0.242 e. The Hall–Kier alpha value is -1.52. The van der Waals surface area contributed by atoms with Crippen LogP contribution in [0.4, 0.5) is 11.5 Å². The first-order chi connectivity index (χ1) is 7.63. The molecule has 2 unspecified atom stereocenters. The SMILES string of the molecule is COc1ncnc(N(C)CC2CC2C)c1N. The fourth-order valence-corrected chi connectivity index (χ4v) is 1.93. The number of hydrogen-bond donors (Lipinski definition) is 1. The van der Waals surface area contributed by atoms with E-state index in [0.717, 1.165) is 24.2 Å². The summed E-state index contributed by atoms with van der Waals surface area (Å²) in [6.45, 7) is 3.26. The molecule has 1 aliphatic carbocycles. The molecular formula is C11H18N4O. The maximum atomic E-state index is 5.93. The Balaban J connectivity index is 2.12. The summed E-state index contributed by atoms with van der Waals surface area (Å²) in [5, 5.41) is 0. The Bertz CT molecular complexity index is 382. The molecule has 0 radical (unpaired) electrons. The third-order valence-corrected chi connectivity index (χ3v) is 3.17. The third kappa shape index (κ3) is 2.03. The minimum atomic E-state index is 0.445. The molecule has 1 aromatic rings. The monoisotopic (exact) mass is 222 g/mol. The maximum absolute atomic E-state index is 5.93. The molecule has 2 rings (SSSR count). The van der Waals surface area contributed by atoms with Crippen molar-refractivity contribution in [1.82, 2.24) is 9.97 Å². The van der Waals surface area contributed by atoms with Crippen molar-refractivity contribution in [2.75, 3.05) is 31.3 Å². The number of hydrogen-bond acceptors (Lipinski definition) is 5. The summed E-state index contributed by atoms with van der Waals surface area (Å²) >= 11 is 0. The molecule has 0 aromatic carbocycles. The van der Waals surface area contributed by atoms with Gasteiger partial charge in [-0.1, -0.05) is 6.92 Å². The third-order valence-electron chi connectivity index (χ3n) is 3.17. The van der Waals surface area contributed by atoms with Crippen LogP contribution in [0.15, 0.2) is 6.33 Å². The van der Waals surface area contributed by atoms with Crippen LogP contribution < -0.4 is 15.4 Å². The van der Waals surface area contributed by atoms with Gasteiger partial charge in [-0.2, -0.15) is 4.98 Å². The number of anilines is 2. The molecule has 0 spiro atoms. The molecule has 2 atom stereocenters. The Morgan fingerprint density at radius 3 is 2.81 bits per heavy atom. The molecule has 1 heterocycles. The fourth-order valence-electron chi connectivity index (χ4n) is 1.93. The minimum absolute atomic E-state index is 0.445. The molecule has 1 aromatic heterocycles. The summed E-state index contributed by atoms with van der Waals surface area (Å²) in [4.78, 5) is 10.2. The quantitative estimate of drug-likeness (QED) is 0.828. The first-order valence-corrected chi connectivity index (χ1v) is 5.49. The van der Waals surface area contributed by atoms with Crippen LogP contribution in [-0.2, 0) is 0 Å².